The average molecular weight is 451 g/mol. The molecule has 0 saturated heterocycles. The molecule has 0 radical (unpaired) electrons. The van der Waals surface area contributed by atoms with Crippen LogP contribution in [0.1, 0.15) is 35.5 Å². The molecule has 0 fully saturated rings. The summed E-state index contributed by atoms with van der Waals surface area (Å²) in [6.45, 7) is 6.03. The minimum Gasteiger partial charge on any atom is -0.464 e. The Morgan fingerprint density at radius 2 is 1.82 bits per heavy atom. The zero-order chi connectivity index (χ0) is 23.7. The van der Waals surface area contributed by atoms with Crippen molar-refractivity contribution in [2.24, 2.45) is 0 Å². The summed E-state index contributed by atoms with van der Waals surface area (Å²) in [4.78, 5) is 13.5. The highest BCUT2D eigenvalue weighted by molar-refractivity contribution is 5.85. The van der Waals surface area contributed by atoms with E-state index in [1.54, 1.807) is 12.5 Å². The summed E-state index contributed by atoms with van der Waals surface area (Å²) in [5.74, 6) is 1.48. The molecule has 1 atom stereocenters. The minimum atomic E-state index is -0.0268. The molecule has 0 aliphatic rings. The summed E-state index contributed by atoms with van der Waals surface area (Å²) in [5, 5.41) is 14.1. The van der Waals surface area contributed by atoms with Crippen molar-refractivity contribution in [2.45, 2.75) is 33.4 Å². The van der Waals surface area contributed by atoms with Crippen molar-refractivity contribution >= 4 is 16.8 Å². The topological polar surface area (TPSA) is 84.1 Å². The minimum absolute atomic E-state index is 0.0229. The van der Waals surface area contributed by atoms with E-state index in [1.165, 1.54) is 0 Å². The van der Waals surface area contributed by atoms with Crippen LogP contribution in [0, 0.1) is 13.8 Å². The number of benzene rings is 2. The fourth-order valence-electron chi connectivity index (χ4n) is 4.13. The molecule has 0 amide bonds. The third-order valence-corrected chi connectivity index (χ3v) is 5.96. The van der Waals surface area contributed by atoms with Gasteiger partial charge in [0.05, 0.1) is 18.6 Å². The maximum atomic E-state index is 9.43. The Kier molecular flexibility index (Phi) is 5.82. The van der Waals surface area contributed by atoms with Gasteiger partial charge in [-0.15, -0.1) is 0 Å². The second-order valence-electron chi connectivity index (χ2n) is 8.55. The van der Waals surface area contributed by atoms with E-state index in [0.29, 0.717) is 5.82 Å². The van der Waals surface area contributed by atoms with Crippen LogP contribution in [0.2, 0.25) is 0 Å². The number of furan rings is 1. The maximum Gasteiger partial charge on any atom is 0.134 e. The summed E-state index contributed by atoms with van der Waals surface area (Å²) in [6.07, 6.45) is 5.27. The van der Waals surface area contributed by atoms with Gasteiger partial charge in [0.25, 0.3) is 0 Å². The first-order valence-corrected chi connectivity index (χ1v) is 11.3. The normalized spacial score (nSPS) is 12.1. The highest BCUT2D eigenvalue weighted by Gasteiger charge is 2.12. The second-order valence-corrected chi connectivity index (χ2v) is 8.55. The number of hydrogen-bond acceptors (Lipinski definition) is 6. The predicted octanol–water partition coefficient (Wildman–Crippen LogP) is 6.23. The van der Waals surface area contributed by atoms with Gasteiger partial charge in [0.15, 0.2) is 0 Å². The van der Waals surface area contributed by atoms with Crippen molar-refractivity contribution in [3.63, 3.8) is 0 Å². The largest absolute Gasteiger partial charge is 0.464 e. The number of aliphatic hydroxyl groups excluding tert-OH is 1. The molecule has 3 aromatic heterocycles. The zero-order valence-corrected chi connectivity index (χ0v) is 19.4. The lowest BCUT2D eigenvalue weighted by molar-refractivity contribution is 0.281. The molecule has 3 heterocycles. The van der Waals surface area contributed by atoms with Crippen LogP contribution in [0.5, 0.6) is 0 Å². The van der Waals surface area contributed by atoms with Crippen LogP contribution >= 0.6 is 0 Å². The van der Waals surface area contributed by atoms with Gasteiger partial charge in [0, 0.05) is 41.0 Å². The first kappa shape index (κ1) is 21.8. The molecule has 0 bridgehead atoms. The van der Waals surface area contributed by atoms with E-state index in [1.807, 2.05) is 50.4 Å². The van der Waals surface area contributed by atoms with Gasteiger partial charge in [-0.05, 0) is 73.4 Å². The van der Waals surface area contributed by atoms with E-state index in [4.69, 9.17) is 4.42 Å². The molecule has 6 heteroatoms. The summed E-state index contributed by atoms with van der Waals surface area (Å²) in [6, 6.07) is 18.4. The fourth-order valence-corrected chi connectivity index (χ4v) is 4.13. The molecule has 1 unspecified atom stereocenters. The fraction of sp³-hybridized carbons (Fsp3) is 0.179. The number of rotatable bonds is 6. The van der Waals surface area contributed by atoms with Crippen molar-refractivity contribution in [1.82, 2.24) is 15.0 Å². The Morgan fingerprint density at radius 3 is 2.68 bits per heavy atom. The number of aliphatic hydroxyl groups is 1. The lowest BCUT2D eigenvalue weighted by Crippen LogP contribution is -2.09. The standard InChI is InChI=1S/C28H26N4O2/c1-17-16-34-27-8-7-23(11-25(17)27)26-12-28(32-19(3)31-26)30-18(2)21-5-4-6-22(10-21)24-9-20(15-33)13-29-14-24/h4-14,16,18,33H,15H2,1-3H3,(H,30,31,32). The second kappa shape index (κ2) is 9.08. The van der Waals surface area contributed by atoms with Gasteiger partial charge in [0.2, 0.25) is 0 Å². The summed E-state index contributed by atoms with van der Waals surface area (Å²) < 4.78 is 5.58. The van der Waals surface area contributed by atoms with Crippen molar-refractivity contribution < 1.29 is 9.52 Å². The lowest BCUT2D eigenvalue weighted by atomic mass is 10.0. The van der Waals surface area contributed by atoms with Gasteiger partial charge >= 0.3 is 0 Å². The third kappa shape index (κ3) is 4.40. The Bertz CT molecular complexity index is 1470. The van der Waals surface area contributed by atoms with E-state index >= 15 is 0 Å². The Labute approximate surface area is 198 Å². The first-order valence-electron chi connectivity index (χ1n) is 11.3. The molecule has 34 heavy (non-hydrogen) atoms. The number of pyridine rings is 1. The van der Waals surface area contributed by atoms with Crippen LogP contribution in [-0.4, -0.2) is 20.1 Å². The van der Waals surface area contributed by atoms with Crippen LogP contribution in [-0.2, 0) is 6.61 Å². The van der Waals surface area contributed by atoms with Crippen molar-refractivity contribution in [3.8, 4) is 22.4 Å². The van der Waals surface area contributed by atoms with Crippen molar-refractivity contribution in [3.05, 3.63) is 95.8 Å². The van der Waals surface area contributed by atoms with E-state index in [-0.39, 0.29) is 12.6 Å². The first-order chi connectivity index (χ1) is 16.5. The van der Waals surface area contributed by atoms with Crippen LogP contribution in [0.15, 0.2) is 77.7 Å². The molecule has 170 valence electrons. The van der Waals surface area contributed by atoms with Gasteiger partial charge in [-0.3, -0.25) is 4.98 Å². The number of aromatic nitrogens is 3. The molecule has 0 spiro atoms. The number of anilines is 1. The highest BCUT2D eigenvalue weighted by Crippen LogP contribution is 2.29. The Hall–Kier alpha value is -4.03. The van der Waals surface area contributed by atoms with Crippen LogP contribution in [0.4, 0.5) is 5.82 Å². The smallest absolute Gasteiger partial charge is 0.134 e. The molecule has 5 aromatic rings. The molecular formula is C28H26N4O2. The monoisotopic (exact) mass is 450 g/mol. The SMILES string of the molecule is Cc1nc(NC(C)c2cccc(-c3cncc(CO)c3)c2)cc(-c2ccc3occ(C)c3c2)n1. The molecular weight excluding hydrogens is 424 g/mol. The van der Waals surface area contributed by atoms with Crippen molar-refractivity contribution in [1.29, 1.82) is 0 Å². The lowest BCUT2D eigenvalue weighted by Gasteiger charge is -2.17. The summed E-state index contributed by atoms with van der Waals surface area (Å²) >= 11 is 0. The van der Waals surface area contributed by atoms with Gasteiger partial charge in [-0.2, -0.15) is 0 Å². The third-order valence-electron chi connectivity index (χ3n) is 5.96. The number of fused-ring (bicyclic) bond motifs is 1. The van der Waals surface area contributed by atoms with Crippen LogP contribution in [0.3, 0.4) is 0 Å². The summed E-state index contributed by atoms with van der Waals surface area (Å²) in [7, 11) is 0. The molecule has 2 aromatic carbocycles. The molecule has 0 saturated carbocycles. The quantitative estimate of drug-likeness (QED) is 0.319. The number of aryl methyl sites for hydroxylation is 2. The van der Waals surface area contributed by atoms with E-state index in [9.17, 15) is 5.11 Å². The summed E-state index contributed by atoms with van der Waals surface area (Å²) in [5.41, 5.74) is 7.82. The number of nitrogens with zero attached hydrogens (tertiary/aromatic N) is 3. The van der Waals surface area contributed by atoms with Gasteiger partial charge in [-0.25, -0.2) is 9.97 Å². The predicted molar refractivity (Wildman–Crippen MR) is 134 cm³/mol. The van der Waals surface area contributed by atoms with E-state index in [2.05, 4.69) is 51.5 Å². The Balaban J connectivity index is 1.42. The molecule has 0 aliphatic carbocycles. The number of nitrogens with one attached hydrogen (secondary N) is 1. The van der Waals surface area contributed by atoms with Gasteiger partial charge < -0.3 is 14.8 Å². The van der Waals surface area contributed by atoms with E-state index < -0.39 is 0 Å². The molecule has 5 rings (SSSR count). The van der Waals surface area contributed by atoms with Crippen molar-refractivity contribution in [2.75, 3.05) is 5.32 Å². The maximum absolute atomic E-state index is 9.43. The zero-order valence-electron chi connectivity index (χ0n) is 19.4. The van der Waals surface area contributed by atoms with Gasteiger partial charge in [-0.1, -0.05) is 18.2 Å². The molecule has 6 nitrogen and oxygen atoms in total. The Morgan fingerprint density at radius 1 is 0.941 bits per heavy atom. The molecule has 0 aliphatic heterocycles. The molecule has 2 N–H and O–H groups in total. The van der Waals surface area contributed by atoms with E-state index in [0.717, 1.165) is 55.9 Å². The van der Waals surface area contributed by atoms with Crippen LogP contribution < -0.4 is 5.32 Å². The van der Waals surface area contributed by atoms with Crippen LogP contribution in [0.25, 0.3) is 33.4 Å². The average Bonchev–Trinajstić information content (AvgIpc) is 3.23. The van der Waals surface area contributed by atoms with Gasteiger partial charge in [0.1, 0.15) is 17.2 Å². The number of hydrogen-bond donors (Lipinski definition) is 2. The highest BCUT2D eigenvalue weighted by atomic mass is 16.3.